The van der Waals surface area contributed by atoms with Crippen LogP contribution in [0.3, 0.4) is 0 Å². The molecular weight excluding hydrogens is 1070 g/mol. The molecule has 2 aliphatic carbocycles. The molecule has 55 heavy (non-hydrogen) atoms. The van der Waals surface area contributed by atoms with Crippen LogP contribution in [0.2, 0.25) is 0 Å². The normalized spacial score (nSPS) is 12.8. The number of amides is 3. The van der Waals surface area contributed by atoms with Crippen molar-refractivity contribution in [2.24, 2.45) is 5.73 Å². The molecule has 0 atom stereocenters. The van der Waals surface area contributed by atoms with Gasteiger partial charge in [-0.3, -0.25) is 14.4 Å². The van der Waals surface area contributed by atoms with Gasteiger partial charge in [0, 0.05) is 40.7 Å². The van der Waals surface area contributed by atoms with Crippen LogP contribution in [-0.2, 0) is 28.8 Å². The Morgan fingerprint density at radius 2 is 0.836 bits per heavy atom. The number of aryl methyl sites for hydroxylation is 6. The average molecular weight is 1140 g/mol. The molecule has 0 aliphatic heterocycles. The Balaban J connectivity index is -0.000000785. The van der Waals surface area contributed by atoms with Crippen molar-refractivity contribution in [1.82, 2.24) is 5.32 Å². The van der Waals surface area contributed by atoms with Crippen molar-refractivity contribution in [3.63, 3.8) is 0 Å². The number of methoxy groups -OCH3 is 1. The summed E-state index contributed by atoms with van der Waals surface area (Å²) in [5, 5.41) is 8.57. The van der Waals surface area contributed by atoms with Crippen LogP contribution < -0.4 is 21.7 Å². The van der Waals surface area contributed by atoms with Gasteiger partial charge in [-0.15, -0.1) is 0 Å². The molecule has 3 amide bonds. The van der Waals surface area contributed by atoms with Crippen molar-refractivity contribution in [2.75, 3.05) is 31.8 Å². The molecule has 0 saturated carbocycles. The Hall–Kier alpha value is -1.47. The molecule has 2 aliphatic rings. The number of carbonyl (C=O) groups excluding carboxylic acids is 4. The number of rotatable bonds is 6. The molecule has 13 heteroatoms. The number of halogens is 3. The Bertz CT molecular complexity index is 1480. The molecule has 0 bridgehead atoms. The topological polar surface area (TPSA) is 140 Å². The monoisotopic (exact) mass is 1140 g/mol. The van der Waals surface area contributed by atoms with Gasteiger partial charge in [0.15, 0.2) is 0 Å². The van der Waals surface area contributed by atoms with Gasteiger partial charge in [0.2, 0.25) is 5.91 Å². The van der Waals surface area contributed by atoms with Crippen LogP contribution in [0.15, 0.2) is 46.6 Å². The number of ether oxygens (including phenoxy) is 1. The molecule has 4 rings (SSSR count). The summed E-state index contributed by atoms with van der Waals surface area (Å²) in [6, 6.07) is 8.09. The summed E-state index contributed by atoms with van der Waals surface area (Å²) in [6.07, 6.45) is 6.34. The fourth-order valence-corrected chi connectivity index (χ4v) is 5.65. The number of hydrogen-bond acceptors (Lipinski definition) is 6. The van der Waals surface area contributed by atoms with Gasteiger partial charge in [-0.2, -0.15) is 0 Å². The molecule has 9 nitrogen and oxygen atoms in total. The molecule has 2 aromatic carbocycles. The van der Waals surface area contributed by atoms with Gasteiger partial charge < -0.3 is 26.4 Å². The van der Waals surface area contributed by atoms with E-state index in [0.717, 1.165) is 59.3 Å². The molecular formula is C42H68I3N4O5V. The third-order valence-electron chi connectivity index (χ3n) is 8.59. The van der Waals surface area contributed by atoms with Gasteiger partial charge in [0.25, 0.3) is 11.8 Å². The van der Waals surface area contributed by atoms with E-state index in [1.54, 1.807) is 7.05 Å². The number of likely N-dealkylation sites (N-methyl/N-ethyl adjacent to an activating group) is 1. The van der Waals surface area contributed by atoms with Gasteiger partial charge in [0.1, 0.15) is 0 Å². The van der Waals surface area contributed by atoms with Crippen LogP contribution in [0, 0.1) is 41.5 Å². The molecule has 312 valence electrons. The summed E-state index contributed by atoms with van der Waals surface area (Å²) >= 11 is 7.39. The third-order valence-corrected chi connectivity index (χ3v) is 8.59. The van der Waals surface area contributed by atoms with Crippen molar-refractivity contribution in [1.29, 1.82) is 0 Å². The van der Waals surface area contributed by atoms with Crippen LogP contribution in [0.1, 0.15) is 120 Å². The third kappa shape index (κ3) is 20.7. The Morgan fingerprint density at radius 3 is 1.15 bits per heavy atom. The van der Waals surface area contributed by atoms with Crippen molar-refractivity contribution < 1.29 is 28.8 Å². The van der Waals surface area contributed by atoms with Gasteiger partial charge in [-0.25, -0.2) is 4.79 Å². The van der Waals surface area contributed by atoms with Crippen molar-refractivity contribution in [3.8, 4) is 0 Å². The molecule has 0 radical (unpaired) electrons. The summed E-state index contributed by atoms with van der Waals surface area (Å²) in [5.74, 6) is -0.862. The van der Waals surface area contributed by atoms with Crippen LogP contribution in [0.5, 0.6) is 0 Å². The van der Waals surface area contributed by atoms with E-state index in [4.69, 9.17) is 4.74 Å². The first-order valence-corrected chi connectivity index (χ1v) is 32.0. The zero-order valence-corrected chi connectivity index (χ0v) is 42.5. The zero-order chi connectivity index (χ0) is 42.1. The van der Waals surface area contributed by atoms with Gasteiger partial charge >= 0.3 is 70.8 Å². The van der Waals surface area contributed by atoms with Gasteiger partial charge in [0.05, 0.1) is 7.11 Å². The Kier molecular flexibility index (Phi) is 34.2. The average Bonchev–Trinajstić information content (AvgIpc) is 3.17. The second-order valence-corrected chi connectivity index (χ2v) is 47.4. The van der Waals surface area contributed by atoms with Crippen molar-refractivity contribution in [3.05, 3.63) is 79.9 Å². The number of esters is 1. The first-order chi connectivity index (χ1) is 25.6. The minimum absolute atomic E-state index is 0. The first-order valence-electron chi connectivity index (χ1n) is 18.5. The van der Waals surface area contributed by atoms with E-state index in [1.807, 2.05) is 74.4 Å². The standard InChI is InChI=1S/C18H24N2O2.C18H23NO3.2C2H6.CH5N.CH4.3HI.V/c1-11-9-13(3)16(10-12(11)2)20-18(22)15-8-6-5-7-14(15)17(21)19-4;1-11-9-13(3)16(10-12(11)2)19-17(20)14-7-5-6-8-15(14)18(21)22-4;3*1-2;;;;;/h9-10H,5-8H2,1-4H3,(H,19,21)(H,20,22);9-10H,5-8H2,1-4H3,(H,19,20);2*1-2H3;2H2,1H3;1H4;3*1H;/q;;;;;;;;;+3/p-3. The maximum atomic E-state index is 12.6. The predicted molar refractivity (Wildman–Crippen MR) is 257 cm³/mol. The van der Waals surface area contributed by atoms with Crippen molar-refractivity contribution >= 4 is 95.0 Å². The molecule has 2 aromatic rings. The fourth-order valence-electron chi connectivity index (χ4n) is 5.65. The summed E-state index contributed by atoms with van der Waals surface area (Å²) in [6.45, 7) is 20.1. The molecule has 0 spiro atoms. The van der Waals surface area contributed by atoms with Crippen LogP contribution in [0.25, 0.3) is 0 Å². The fraction of sp³-hybridized carbons (Fsp3) is 0.524. The van der Waals surface area contributed by atoms with Gasteiger partial charge in [-0.05, 0) is 145 Å². The van der Waals surface area contributed by atoms with E-state index in [9.17, 15) is 19.2 Å². The SMILES string of the molecule is C.CC.CC.CN.CNC(=O)C1=C(C(=O)Nc2cc(C)c(C)cc2C)CCCC1.COC(=O)C1=C(C(=O)Nc2cc(C)c(C)cc2C)CCCC1.[I][V]([I])[I]. The quantitative estimate of drug-likeness (QED) is 0.168. The Labute approximate surface area is 371 Å². The number of carbonyl (C=O) groups is 4. The summed E-state index contributed by atoms with van der Waals surface area (Å²) in [5.41, 5.74) is 15.2. The molecule has 0 aromatic heterocycles. The van der Waals surface area contributed by atoms with E-state index in [-0.39, 0.29) is 36.0 Å². The maximum absolute atomic E-state index is 12.6. The number of nitrogens with one attached hydrogen (secondary N) is 3. The Morgan fingerprint density at radius 1 is 0.564 bits per heavy atom. The summed E-state index contributed by atoms with van der Waals surface area (Å²) in [7, 11) is 4.46. The molecule has 0 unspecified atom stereocenters. The van der Waals surface area contributed by atoms with Crippen molar-refractivity contribution in [2.45, 2.75) is 128 Å². The molecule has 5 N–H and O–H groups in total. The molecule has 0 fully saturated rings. The van der Waals surface area contributed by atoms with Crippen LogP contribution in [-0.4, -0.2) is 44.9 Å². The number of hydrogen-bond donors (Lipinski definition) is 4. The minimum atomic E-state index is -0.387. The van der Waals surface area contributed by atoms with Crippen LogP contribution in [0.4, 0.5) is 11.4 Å². The predicted octanol–water partition coefficient (Wildman–Crippen LogP) is 11.7. The number of nitrogens with two attached hydrogens (primary N) is 1. The molecule has 0 saturated heterocycles. The second kappa shape index (κ2) is 32.5. The van der Waals surface area contributed by atoms with Crippen LogP contribution >= 0.6 is 59.9 Å². The number of benzene rings is 2. The zero-order valence-electron chi connectivity index (χ0n) is 34.7. The van der Waals surface area contributed by atoms with E-state index in [0.29, 0.717) is 48.0 Å². The van der Waals surface area contributed by atoms with E-state index in [1.165, 1.54) is 25.3 Å². The summed E-state index contributed by atoms with van der Waals surface area (Å²) < 4.78 is 4.80. The first kappa shape index (κ1) is 57.9. The summed E-state index contributed by atoms with van der Waals surface area (Å²) in [4.78, 5) is 48.7. The number of anilines is 2. The molecule has 0 heterocycles. The van der Waals surface area contributed by atoms with E-state index in [2.05, 4.69) is 101 Å². The second-order valence-electron chi connectivity index (χ2n) is 12.0. The van der Waals surface area contributed by atoms with E-state index >= 15 is 0 Å². The van der Waals surface area contributed by atoms with Gasteiger partial charge in [-0.1, -0.05) is 47.3 Å². The van der Waals surface area contributed by atoms with E-state index < -0.39 is 0 Å².